The number of carbonyl (C=O) groups excluding carboxylic acids is 1. The summed E-state index contributed by atoms with van der Waals surface area (Å²) in [5.74, 6) is -0.649. The second-order valence-electron chi connectivity index (χ2n) is 4.33. The number of phenols is 1. The van der Waals surface area contributed by atoms with Crippen LogP contribution < -0.4 is 5.43 Å². The van der Waals surface area contributed by atoms with Gasteiger partial charge in [0.15, 0.2) is 0 Å². The summed E-state index contributed by atoms with van der Waals surface area (Å²) in [5, 5.41) is 24.1. The van der Waals surface area contributed by atoms with Crippen LogP contribution >= 0.6 is 27.5 Å². The molecule has 0 saturated heterocycles. The second kappa shape index (κ2) is 7.21. The molecule has 0 aliphatic heterocycles. The minimum Gasteiger partial charge on any atom is -0.507 e. The number of rotatable bonds is 4. The first-order chi connectivity index (χ1) is 10.9. The predicted octanol–water partition coefficient (Wildman–Crippen LogP) is 3.48. The van der Waals surface area contributed by atoms with Crippen LogP contribution in [-0.2, 0) is 0 Å². The molecule has 0 aliphatic carbocycles. The molecule has 7 nitrogen and oxygen atoms in total. The molecule has 1 amide bonds. The lowest BCUT2D eigenvalue weighted by Crippen LogP contribution is -2.17. The van der Waals surface area contributed by atoms with Gasteiger partial charge in [0.2, 0.25) is 0 Å². The minimum absolute atomic E-state index is 0.00618. The molecule has 9 heteroatoms. The van der Waals surface area contributed by atoms with E-state index in [0.717, 1.165) is 10.5 Å². The van der Waals surface area contributed by atoms with Crippen LogP contribution in [0.2, 0.25) is 5.02 Å². The summed E-state index contributed by atoms with van der Waals surface area (Å²) in [6.07, 6.45) is 1.25. The number of nitrogens with one attached hydrogen (secondary N) is 1. The quantitative estimate of drug-likeness (QED) is 0.467. The maximum Gasteiger partial charge on any atom is 0.288 e. The van der Waals surface area contributed by atoms with Crippen LogP contribution in [0.15, 0.2) is 46.0 Å². The monoisotopic (exact) mass is 397 g/mol. The molecular formula is C14H9BrClN3O4. The normalized spacial score (nSPS) is 10.7. The van der Waals surface area contributed by atoms with Crippen molar-refractivity contribution in [1.82, 2.24) is 5.43 Å². The second-order valence-corrected chi connectivity index (χ2v) is 5.65. The van der Waals surface area contributed by atoms with Crippen LogP contribution in [0.3, 0.4) is 0 Å². The van der Waals surface area contributed by atoms with E-state index in [2.05, 4.69) is 26.5 Å². The van der Waals surface area contributed by atoms with Gasteiger partial charge in [-0.3, -0.25) is 14.9 Å². The van der Waals surface area contributed by atoms with E-state index in [1.165, 1.54) is 24.4 Å². The number of aromatic hydroxyl groups is 1. The summed E-state index contributed by atoms with van der Waals surface area (Å²) in [6, 6.07) is 8.39. The van der Waals surface area contributed by atoms with Crippen molar-refractivity contribution in [3.8, 4) is 5.75 Å². The Bertz CT molecular complexity index is 811. The van der Waals surface area contributed by atoms with Crippen molar-refractivity contribution >= 4 is 45.3 Å². The van der Waals surface area contributed by atoms with Crippen LogP contribution in [0.1, 0.15) is 15.9 Å². The molecule has 0 radical (unpaired) electrons. The van der Waals surface area contributed by atoms with Crippen molar-refractivity contribution in [2.75, 3.05) is 0 Å². The Labute approximate surface area is 143 Å². The van der Waals surface area contributed by atoms with Gasteiger partial charge < -0.3 is 5.11 Å². The number of amides is 1. The minimum atomic E-state index is -0.679. The smallest absolute Gasteiger partial charge is 0.288 e. The Kier molecular flexibility index (Phi) is 5.30. The molecule has 23 heavy (non-hydrogen) atoms. The predicted molar refractivity (Wildman–Crippen MR) is 89.0 cm³/mol. The highest BCUT2D eigenvalue weighted by Crippen LogP contribution is 2.25. The van der Waals surface area contributed by atoms with Gasteiger partial charge >= 0.3 is 0 Å². The van der Waals surface area contributed by atoms with Gasteiger partial charge in [-0.1, -0.05) is 27.5 Å². The van der Waals surface area contributed by atoms with Gasteiger partial charge in [0.25, 0.3) is 11.6 Å². The molecule has 0 spiro atoms. The van der Waals surface area contributed by atoms with Crippen molar-refractivity contribution in [2.24, 2.45) is 5.10 Å². The maximum absolute atomic E-state index is 11.9. The Hall–Kier alpha value is -2.45. The Morgan fingerprint density at radius 3 is 2.78 bits per heavy atom. The zero-order valence-corrected chi connectivity index (χ0v) is 13.7. The highest BCUT2D eigenvalue weighted by Gasteiger charge is 2.15. The number of hydrazone groups is 1. The molecule has 0 fully saturated rings. The van der Waals surface area contributed by atoms with Crippen LogP contribution in [0, 0.1) is 10.1 Å². The third-order valence-corrected chi connectivity index (χ3v) is 3.58. The van der Waals surface area contributed by atoms with E-state index in [4.69, 9.17) is 11.6 Å². The van der Waals surface area contributed by atoms with E-state index in [1.807, 2.05) is 0 Å². The van der Waals surface area contributed by atoms with E-state index in [1.54, 1.807) is 12.1 Å². The zero-order chi connectivity index (χ0) is 17.0. The highest BCUT2D eigenvalue weighted by atomic mass is 79.9. The van der Waals surface area contributed by atoms with Gasteiger partial charge in [0.05, 0.1) is 11.1 Å². The molecule has 0 atom stereocenters. The number of halogens is 2. The number of hydrogen-bond donors (Lipinski definition) is 2. The molecule has 2 N–H and O–H groups in total. The van der Waals surface area contributed by atoms with E-state index in [0.29, 0.717) is 5.56 Å². The van der Waals surface area contributed by atoms with E-state index >= 15 is 0 Å². The average molecular weight is 399 g/mol. The fraction of sp³-hybridized carbons (Fsp3) is 0. The average Bonchev–Trinajstić information content (AvgIpc) is 2.50. The van der Waals surface area contributed by atoms with Crippen molar-refractivity contribution < 1.29 is 14.8 Å². The van der Waals surface area contributed by atoms with E-state index in [9.17, 15) is 20.0 Å². The summed E-state index contributed by atoms with van der Waals surface area (Å²) in [5.41, 5.74) is 2.28. The Morgan fingerprint density at radius 1 is 1.35 bits per heavy atom. The van der Waals surface area contributed by atoms with Crippen molar-refractivity contribution in [1.29, 1.82) is 0 Å². The highest BCUT2D eigenvalue weighted by molar-refractivity contribution is 9.10. The summed E-state index contributed by atoms with van der Waals surface area (Å²) in [4.78, 5) is 22.0. The number of nitrogens with zero attached hydrogens (tertiary/aromatic N) is 2. The number of carbonyl (C=O) groups is 1. The third-order valence-electron chi connectivity index (χ3n) is 2.76. The molecule has 2 aromatic rings. The van der Waals surface area contributed by atoms with Gasteiger partial charge in [-0.2, -0.15) is 5.10 Å². The standard InChI is InChI=1S/C14H9BrClN3O4/c15-10-2-4-13(20)9(5-10)7-17-18-14(21)8-1-3-11(16)12(6-8)19(22)23/h1-7,20H,(H,18,21)/b17-7+. The maximum atomic E-state index is 11.9. The molecule has 0 bridgehead atoms. The summed E-state index contributed by atoms with van der Waals surface area (Å²) < 4.78 is 0.733. The van der Waals surface area contributed by atoms with Gasteiger partial charge in [-0.15, -0.1) is 0 Å². The molecule has 0 heterocycles. The lowest BCUT2D eigenvalue weighted by molar-refractivity contribution is -0.384. The molecule has 0 saturated carbocycles. The molecule has 118 valence electrons. The lowest BCUT2D eigenvalue weighted by atomic mass is 10.2. The van der Waals surface area contributed by atoms with Crippen LogP contribution in [0.4, 0.5) is 5.69 Å². The van der Waals surface area contributed by atoms with Crippen LogP contribution in [0.5, 0.6) is 5.75 Å². The molecule has 2 rings (SSSR count). The van der Waals surface area contributed by atoms with Gasteiger partial charge in [-0.05, 0) is 30.3 Å². The summed E-state index contributed by atoms with van der Waals surface area (Å²) in [7, 11) is 0. The fourth-order valence-electron chi connectivity index (χ4n) is 1.65. The topological polar surface area (TPSA) is 105 Å². The first-order valence-electron chi connectivity index (χ1n) is 6.14. The van der Waals surface area contributed by atoms with Gasteiger partial charge in [-0.25, -0.2) is 5.43 Å². The first kappa shape index (κ1) is 16.9. The molecule has 0 aromatic heterocycles. The van der Waals surface area contributed by atoms with Crippen molar-refractivity contribution in [2.45, 2.75) is 0 Å². The van der Waals surface area contributed by atoms with Gasteiger partial charge in [0, 0.05) is 21.7 Å². The number of nitro benzene ring substituents is 1. The first-order valence-corrected chi connectivity index (χ1v) is 7.31. The fourth-order valence-corrected chi connectivity index (χ4v) is 2.21. The number of phenolic OH excluding ortho intramolecular Hbond substituents is 1. The van der Waals surface area contributed by atoms with Crippen LogP contribution in [0.25, 0.3) is 0 Å². The SMILES string of the molecule is O=C(N/N=C/c1cc(Br)ccc1O)c1ccc(Cl)c([N+](=O)[O-])c1. The Morgan fingerprint density at radius 2 is 2.09 bits per heavy atom. The van der Waals surface area contributed by atoms with Gasteiger partial charge in [0.1, 0.15) is 10.8 Å². The van der Waals surface area contributed by atoms with Crippen molar-refractivity contribution in [3.63, 3.8) is 0 Å². The summed E-state index contributed by atoms with van der Waals surface area (Å²) >= 11 is 8.92. The largest absolute Gasteiger partial charge is 0.507 e. The zero-order valence-electron chi connectivity index (χ0n) is 11.4. The number of benzene rings is 2. The number of nitro groups is 1. The molecule has 0 unspecified atom stereocenters. The Balaban J connectivity index is 2.13. The molecule has 0 aliphatic rings. The van der Waals surface area contributed by atoms with Crippen LogP contribution in [-0.4, -0.2) is 22.2 Å². The summed E-state index contributed by atoms with van der Waals surface area (Å²) in [6.45, 7) is 0. The van der Waals surface area contributed by atoms with E-state index < -0.39 is 10.8 Å². The third kappa shape index (κ3) is 4.27. The molecule has 2 aromatic carbocycles. The van der Waals surface area contributed by atoms with E-state index in [-0.39, 0.29) is 22.0 Å². The lowest BCUT2D eigenvalue weighted by Gasteiger charge is -2.02. The molecular weight excluding hydrogens is 390 g/mol. The van der Waals surface area contributed by atoms with Crippen molar-refractivity contribution in [3.05, 3.63) is 67.1 Å². The number of hydrogen-bond acceptors (Lipinski definition) is 5.